The molecule has 0 fully saturated rings. The molecule has 0 amide bonds. The van der Waals surface area contributed by atoms with Crippen LogP contribution in [-0.2, 0) is 0 Å². The molecule has 0 unspecified atom stereocenters. The molecule has 2 rings (SSSR count). The second kappa shape index (κ2) is 6.95. The van der Waals surface area contributed by atoms with Gasteiger partial charge in [-0.3, -0.25) is 0 Å². The molecule has 5 nitrogen and oxygen atoms in total. The van der Waals surface area contributed by atoms with Crippen molar-refractivity contribution in [2.45, 2.75) is 13.3 Å². The lowest BCUT2D eigenvalue weighted by Crippen LogP contribution is -2.03. The van der Waals surface area contributed by atoms with Gasteiger partial charge in [0.1, 0.15) is 0 Å². The molecule has 1 heterocycles. The van der Waals surface area contributed by atoms with E-state index < -0.39 is 11.6 Å². The van der Waals surface area contributed by atoms with Gasteiger partial charge in [-0.1, -0.05) is 22.9 Å². The number of hydrogen-bond donors (Lipinski definition) is 0. The number of ether oxygens (including phenoxy) is 2. The maximum Gasteiger partial charge on any atom is 0.329 e. The van der Waals surface area contributed by atoms with Gasteiger partial charge in [-0.25, -0.2) is 4.39 Å². The van der Waals surface area contributed by atoms with Crippen molar-refractivity contribution in [3.63, 3.8) is 0 Å². The van der Waals surface area contributed by atoms with Crippen molar-refractivity contribution in [3.8, 4) is 17.8 Å². The maximum atomic E-state index is 13.6. The molecule has 0 N–H and O–H groups in total. The van der Waals surface area contributed by atoms with Gasteiger partial charge in [0, 0.05) is 4.47 Å². The van der Waals surface area contributed by atoms with Crippen molar-refractivity contribution >= 4 is 27.5 Å². The first-order valence-corrected chi connectivity index (χ1v) is 7.03. The van der Waals surface area contributed by atoms with Crippen LogP contribution < -0.4 is 9.47 Å². The molecule has 9 heteroatoms. The summed E-state index contributed by atoms with van der Waals surface area (Å²) in [4.78, 5) is 11.2. The first-order valence-electron chi connectivity index (χ1n) is 5.86. The lowest BCUT2D eigenvalue weighted by atomic mass is 10.3. The molecule has 0 saturated carbocycles. The largest absolute Gasteiger partial charge is 0.463 e. The summed E-state index contributed by atoms with van der Waals surface area (Å²) < 4.78 is 37.5. The van der Waals surface area contributed by atoms with E-state index >= 15 is 0 Å². The third-order valence-corrected chi connectivity index (χ3v) is 2.79. The second-order valence-corrected chi connectivity index (χ2v) is 5.07. The van der Waals surface area contributed by atoms with Crippen LogP contribution in [0.25, 0.3) is 0 Å². The van der Waals surface area contributed by atoms with Gasteiger partial charge in [0.25, 0.3) is 0 Å². The predicted molar refractivity (Wildman–Crippen MR) is 74.8 cm³/mol. The Morgan fingerprint density at radius 2 is 1.90 bits per heavy atom. The summed E-state index contributed by atoms with van der Waals surface area (Å²) in [5.41, 5.74) is 0. The van der Waals surface area contributed by atoms with Crippen molar-refractivity contribution < 1.29 is 18.3 Å². The van der Waals surface area contributed by atoms with Gasteiger partial charge in [0.15, 0.2) is 11.6 Å². The molecule has 1 aromatic heterocycles. The number of rotatable bonds is 5. The SMILES string of the molecule is CCCOc1nc(Cl)nc(Oc2cc(Br)cc(F)c2F)n1. The maximum absolute atomic E-state index is 13.6. The molecule has 0 radical (unpaired) electrons. The van der Waals surface area contributed by atoms with Crippen LogP contribution >= 0.6 is 27.5 Å². The summed E-state index contributed by atoms with van der Waals surface area (Å²) >= 11 is 8.73. The Bertz CT molecular complexity index is 661. The Kier molecular flexibility index (Phi) is 5.24. The molecule has 21 heavy (non-hydrogen) atoms. The zero-order valence-corrected chi connectivity index (χ0v) is 13.1. The van der Waals surface area contributed by atoms with Gasteiger partial charge < -0.3 is 9.47 Å². The standard InChI is InChI=1S/C12H9BrClF2N3O2/c1-2-3-20-11-17-10(14)18-12(19-11)21-8-5-6(13)4-7(15)9(8)16/h4-5H,2-3H2,1H3. The molecule has 0 aliphatic rings. The monoisotopic (exact) mass is 379 g/mol. The third-order valence-electron chi connectivity index (χ3n) is 2.16. The summed E-state index contributed by atoms with van der Waals surface area (Å²) in [7, 11) is 0. The molecule has 0 aliphatic heterocycles. The van der Waals surface area contributed by atoms with Gasteiger partial charge >= 0.3 is 12.0 Å². The van der Waals surface area contributed by atoms with Crippen LogP contribution in [0.15, 0.2) is 16.6 Å². The van der Waals surface area contributed by atoms with Crippen LogP contribution in [0.2, 0.25) is 5.28 Å². The molecule has 0 aliphatic carbocycles. The van der Waals surface area contributed by atoms with Crippen LogP contribution in [0, 0.1) is 11.6 Å². The quantitative estimate of drug-likeness (QED) is 0.730. The van der Waals surface area contributed by atoms with E-state index in [2.05, 4.69) is 30.9 Å². The minimum Gasteiger partial charge on any atom is -0.463 e. The normalized spacial score (nSPS) is 10.5. The fraction of sp³-hybridized carbons (Fsp3) is 0.250. The van der Waals surface area contributed by atoms with E-state index in [-0.39, 0.29) is 23.1 Å². The topological polar surface area (TPSA) is 57.1 Å². The number of hydrogen-bond acceptors (Lipinski definition) is 5. The molecule has 0 atom stereocenters. The predicted octanol–water partition coefficient (Wildman–Crippen LogP) is 4.15. The Morgan fingerprint density at radius 3 is 2.62 bits per heavy atom. The van der Waals surface area contributed by atoms with Crippen molar-refractivity contribution in [2.75, 3.05) is 6.61 Å². The van der Waals surface area contributed by atoms with Gasteiger partial charge in [-0.05, 0) is 30.2 Å². The Morgan fingerprint density at radius 1 is 1.19 bits per heavy atom. The van der Waals surface area contributed by atoms with Gasteiger partial charge in [-0.15, -0.1) is 4.98 Å². The number of halogens is 4. The minimum absolute atomic E-state index is 0.0530. The molecule has 0 bridgehead atoms. The molecule has 112 valence electrons. The van der Waals surface area contributed by atoms with Gasteiger partial charge in [0.05, 0.1) is 6.61 Å². The van der Waals surface area contributed by atoms with Crippen LogP contribution in [0.3, 0.4) is 0 Å². The van der Waals surface area contributed by atoms with Crippen molar-refractivity contribution in [3.05, 3.63) is 33.5 Å². The van der Waals surface area contributed by atoms with Crippen molar-refractivity contribution in [2.24, 2.45) is 0 Å². The zero-order chi connectivity index (χ0) is 15.4. The molecule has 2 aromatic rings. The summed E-state index contributed by atoms with van der Waals surface area (Å²) in [5.74, 6) is -2.61. The van der Waals surface area contributed by atoms with Crippen LogP contribution in [-0.4, -0.2) is 21.6 Å². The summed E-state index contributed by atoms with van der Waals surface area (Å²) in [6.45, 7) is 2.28. The molecule has 0 saturated heterocycles. The van der Waals surface area contributed by atoms with E-state index in [0.29, 0.717) is 11.1 Å². The molecular weight excluding hydrogens is 372 g/mol. The van der Waals surface area contributed by atoms with Crippen LogP contribution in [0.5, 0.6) is 17.8 Å². The average Bonchev–Trinajstić information content (AvgIpc) is 2.41. The van der Waals surface area contributed by atoms with Crippen molar-refractivity contribution in [1.29, 1.82) is 0 Å². The molecule has 0 spiro atoms. The van der Waals surface area contributed by atoms with E-state index in [0.717, 1.165) is 12.5 Å². The van der Waals surface area contributed by atoms with E-state index in [1.807, 2.05) is 6.92 Å². The fourth-order valence-corrected chi connectivity index (χ4v) is 1.88. The minimum atomic E-state index is -1.16. The smallest absolute Gasteiger partial charge is 0.329 e. The van der Waals surface area contributed by atoms with E-state index in [1.165, 1.54) is 6.07 Å². The van der Waals surface area contributed by atoms with Crippen LogP contribution in [0.4, 0.5) is 8.78 Å². The van der Waals surface area contributed by atoms with Gasteiger partial charge in [-0.2, -0.15) is 14.4 Å². The lowest BCUT2D eigenvalue weighted by molar-refractivity contribution is 0.283. The van der Waals surface area contributed by atoms with Crippen molar-refractivity contribution in [1.82, 2.24) is 15.0 Å². The summed E-state index contributed by atoms with van der Waals surface area (Å²) in [5, 5.41) is -0.179. The summed E-state index contributed by atoms with van der Waals surface area (Å²) in [6, 6.07) is 1.86. The second-order valence-electron chi connectivity index (χ2n) is 3.82. The lowest BCUT2D eigenvalue weighted by Gasteiger charge is -2.08. The Labute approximate surface area is 132 Å². The Hall–Kier alpha value is -1.54. The number of nitrogens with zero attached hydrogens (tertiary/aromatic N) is 3. The third kappa shape index (κ3) is 4.21. The Balaban J connectivity index is 2.29. The first-order chi connectivity index (χ1) is 9.99. The zero-order valence-electron chi connectivity index (χ0n) is 10.7. The first kappa shape index (κ1) is 15.8. The van der Waals surface area contributed by atoms with Gasteiger partial charge in [0.2, 0.25) is 11.1 Å². The molecular formula is C12H9BrClF2N3O2. The highest BCUT2D eigenvalue weighted by Crippen LogP contribution is 2.28. The van der Waals surface area contributed by atoms with E-state index in [4.69, 9.17) is 21.1 Å². The summed E-state index contributed by atoms with van der Waals surface area (Å²) in [6.07, 6.45) is 0.741. The fourth-order valence-electron chi connectivity index (χ4n) is 1.32. The van der Waals surface area contributed by atoms with Crippen LogP contribution in [0.1, 0.15) is 13.3 Å². The highest BCUT2D eigenvalue weighted by atomic mass is 79.9. The molecule has 1 aromatic carbocycles. The highest BCUT2D eigenvalue weighted by Gasteiger charge is 2.15. The number of aromatic nitrogens is 3. The van der Waals surface area contributed by atoms with E-state index in [9.17, 15) is 8.78 Å². The number of benzene rings is 1. The highest BCUT2D eigenvalue weighted by molar-refractivity contribution is 9.10. The average molecular weight is 381 g/mol. The van der Waals surface area contributed by atoms with E-state index in [1.54, 1.807) is 0 Å².